The largest absolute Gasteiger partial charge is 0.396 e. The average Bonchev–Trinajstić information content (AvgIpc) is 3.15. The van der Waals surface area contributed by atoms with Crippen molar-refractivity contribution in [3.63, 3.8) is 0 Å². The molecule has 1 aromatic rings. The van der Waals surface area contributed by atoms with Crippen LogP contribution in [0.2, 0.25) is 0 Å². The molecule has 0 bridgehead atoms. The fourth-order valence-corrected chi connectivity index (χ4v) is 3.94. The number of nitrogens with zero attached hydrogens (tertiary/aromatic N) is 2. The van der Waals surface area contributed by atoms with Crippen molar-refractivity contribution in [3.05, 3.63) is 66.3 Å². The number of aliphatic hydroxyl groups excluding tert-OH is 1. The van der Waals surface area contributed by atoms with Crippen molar-refractivity contribution < 1.29 is 9.90 Å². The molecule has 1 aliphatic heterocycles. The number of amides is 1. The Morgan fingerprint density at radius 1 is 1.16 bits per heavy atom. The van der Waals surface area contributed by atoms with Gasteiger partial charge in [0, 0.05) is 13.2 Å². The van der Waals surface area contributed by atoms with Crippen LogP contribution in [-0.4, -0.2) is 35.9 Å². The lowest BCUT2D eigenvalue weighted by molar-refractivity contribution is -0.123. The molecule has 2 N–H and O–H groups in total. The van der Waals surface area contributed by atoms with Gasteiger partial charge in [0.1, 0.15) is 5.92 Å². The molecule has 0 saturated heterocycles. The van der Waals surface area contributed by atoms with E-state index in [1.807, 2.05) is 67.4 Å². The van der Waals surface area contributed by atoms with Gasteiger partial charge in [-0.25, -0.2) is 0 Å². The highest BCUT2D eigenvalue weighted by Gasteiger charge is 2.43. The number of aliphatic hydroxyl groups is 1. The quantitative estimate of drug-likeness (QED) is 0.347. The van der Waals surface area contributed by atoms with Crippen LogP contribution in [0.25, 0.3) is 0 Å². The molecular formula is C27H39N3O2. The van der Waals surface area contributed by atoms with Crippen LogP contribution in [0.4, 0.5) is 5.69 Å². The molecule has 0 saturated carbocycles. The monoisotopic (exact) mass is 437 g/mol. The van der Waals surface area contributed by atoms with E-state index in [2.05, 4.69) is 31.3 Å². The Bertz CT molecular complexity index is 825. The van der Waals surface area contributed by atoms with Crippen molar-refractivity contribution >= 4 is 17.3 Å². The number of nitrogens with one attached hydrogen (secondary N) is 1. The summed E-state index contributed by atoms with van der Waals surface area (Å²) in [6.45, 7) is 9.20. The first-order valence-corrected chi connectivity index (χ1v) is 11.8. The second kappa shape index (κ2) is 13.7. The Morgan fingerprint density at radius 3 is 2.56 bits per heavy atom. The fraction of sp³-hybridized carbons (Fsp3) is 0.481. The Balaban J connectivity index is 2.35. The molecule has 174 valence electrons. The molecule has 1 amide bonds. The number of hydrogen-bond donors (Lipinski definition) is 2. The van der Waals surface area contributed by atoms with Crippen LogP contribution in [0.5, 0.6) is 0 Å². The van der Waals surface area contributed by atoms with Crippen LogP contribution in [-0.2, 0) is 4.79 Å². The Hall–Kier alpha value is -2.66. The molecule has 0 aliphatic carbocycles. The minimum Gasteiger partial charge on any atom is -0.396 e. The molecule has 1 aliphatic rings. The zero-order chi connectivity index (χ0) is 23.3. The third-order valence-electron chi connectivity index (χ3n) is 5.52. The first-order chi connectivity index (χ1) is 15.5. The van der Waals surface area contributed by atoms with Gasteiger partial charge >= 0.3 is 0 Å². The summed E-state index contributed by atoms with van der Waals surface area (Å²) in [4.78, 5) is 13.4. The van der Waals surface area contributed by atoms with Gasteiger partial charge in [-0.15, -0.1) is 0 Å². The molecule has 2 atom stereocenters. The van der Waals surface area contributed by atoms with Crippen molar-refractivity contribution in [2.45, 2.75) is 59.4 Å². The van der Waals surface area contributed by atoms with Gasteiger partial charge in [-0.05, 0) is 63.2 Å². The third kappa shape index (κ3) is 7.49. The summed E-state index contributed by atoms with van der Waals surface area (Å²) in [7, 11) is 0. The molecule has 5 nitrogen and oxygen atoms in total. The summed E-state index contributed by atoms with van der Waals surface area (Å²) in [5.41, 5.74) is 2.84. The summed E-state index contributed by atoms with van der Waals surface area (Å²) in [6, 6.07) is 10.1. The van der Waals surface area contributed by atoms with E-state index >= 15 is 0 Å². The predicted molar refractivity (Wildman–Crippen MR) is 135 cm³/mol. The van der Waals surface area contributed by atoms with Gasteiger partial charge in [0.05, 0.1) is 17.4 Å². The van der Waals surface area contributed by atoms with E-state index < -0.39 is 0 Å². The average molecular weight is 438 g/mol. The van der Waals surface area contributed by atoms with Gasteiger partial charge in [0.2, 0.25) is 5.91 Å². The first-order valence-electron chi connectivity index (χ1n) is 11.8. The van der Waals surface area contributed by atoms with Crippen molar-refractivity contribution in [1.82, 2.24) is 5.32 Å². The Morgan fingerprint density at radius 2 is 1.91 bits per heavy atom. The van der Waals surface area contributed by atoms with E-state index in [0.717, 1.165) is 42.7 Å². The molecule has 2 unspecified atom stereocenters. The maximum Gasteiger partial charge on any atom is 0.231 e. The molecule has 0 radical (unpaired) electrons. The van der Waals surface area contributed by atoms with Crippen molar-refractivity contribution in [2.24, 2.45) is 16.9 Å². The Kier molecular flexibility index (Phi) is 10.9. The maximum absolute atomic E-state index is 13.4. The zero-order valence-electron chi connectivity index (χ0n) is 20.0. The van der Waals surface area contributed by atoms with Crippen LogP contribution in [0, 0.1) is 11.8 Å². The van der Waals surface area contributed by atoms with E-state index in [1.54, 1.807) is 0 Å². The maximum atomic E-state index is 13.4. The number of unbranched alkanes of at least 4 members (excludes halogenated alkanes) is 2. The summed E-state index contributed by atoms with van der Waals surface area (Å²) >= 11 is 0. The second-order valence-electron chi connectivity index (χ2n) is 8.68. The summed E-state index contributed by atoms with van der Waals surface area (Å²) < 4.78 is 0. The van der Waals surface area contributed by atoms with E-state index in [-0.39, 0.29) is 24.5 Å². The molecular weight excluding hydrogens is 398 g/mol. The zero-order valence-corrected chi connectivity index (χ0v) is 20.0. The smallest absolute Gasteiger partial charge is 0.231 e. The summed E-state index contributed by atoms with van der Waals surface area (Å²) in [5.74, 6) is 0.128. The van der Waals surface area contributed by atoms with Crippen LogP contribution >= 0.6 is 0 Å². The van der Waals surface area contributed by atoms with E-state index in [0.29, 0.717) is 12.5 Å². The highest BCUT2D eigenvalue weighted by molar-refractivity contribution is 6.15. The van der Waals surface area contributed by atoms with Gasteiger partial charge in [0.25, 0.3) is 0 Å². The number of hydrogen-bond acceptors (Lipinski definition) is 4. The summed E-state index contributed by atoms with van der Waals surface area (Å²) in [5, 5.41) is 19.1. The Labute approximate surface area is 193 Å². The number of carbonyl (C=O) groups excluding carboxylic acids is 1. The van der Waals surface area contributed by atoms with Gasteiger partial charge in [-0.3, -0.25) is 9.80 Å². The van der Waals surface area contributed by atoms with Crippen LogP contribution in [0.15, 0.2) is 71.4 Å². The summed E-state index contributed by atoms with van der Waals surface area (Å²) in [6.07, 6.45) is 13.4. The topological polar surface area (TPSA) is 64.9 Å². The highest BCUT2D eigenvalue weighted by Crippen LogP contribution is 2.34. The van der Waals surface area contributed by atoms with Crippen LogP contribution in [0.3, 0.4) is 0 Å². The predicted octanol–water partition coefficient (Wildman–Crippen LogP) is 5.25. The number of rotatable bonds is 12. The second-order valence-corrected chi connectivity index (χ2v) is 8.68. The van der Waals surface area contributed by atoms with Crippen molar-refractivity contribution in [3.8, 4) is 0 Å². The molecule has 2 rings (SSSR count). The molecule has 1 aromatic carbocycles. The normalized spacial score (nSPS) is 19.4. The standard InChI is InChI=1S/C27H39N3O2/c1-5-6-7-10-15-22(4)26-25(27(32)28-18-13-9-14-19-31)24(20-21(2)3)30(29-26)23-16-11-8-12-17-23/h5-8,10-12,15-17,21,24-25,31H,9,13-14,18-20H2,1-4H3,(H,28,32)/b6-5-,10-7-,22-15+. The molecule has 0 aromatic heterocycles. The minimum atomic E-state index is -0.332. The van der Waals surface area contributed by atoms with E-state index in [9.17, 15) is 4.79 Å². The fourth-order valence-electron chi connectivity index (χ4n) is 3.94. The van der Waals surface area contributed by atoms with Crippen LogP contribution < -0.4 is 10.3 Å². The van der Waals surface area contributed by atoms with Gasteiger partial charge in [-0.1, -0.05) is 62.4 Å². The van der Waals surface area contributed by atoms with E-state index in [1.165, 1.54) is 0 Å². The van der Waals surface area contributed by atoms with Crippen LogP contribution in [0.1, 0.15) is 53.4 Å². The molecule has 32 heavy (non-hydrogen) atoms. The molecule has 5 heteroatoms. The third-order valence-corrected chi connectivity index (χ3v) is 5.52. The number of benzene rings is 1. The number of carbonyl (C=O) groups is 1. The van der Waals surface area contributed by atoms with Crippen molar-refractivity contribution in [1.29, 1.82) is 0 Å². The van der Waals surface area contributed by atoms with Gasteiger partial charge in [0.15, 0.2) is 0 Å². The highest BCUT2D eigenvalue weighted by atomic mass is 16.2. The molecule has 0 fully saturated rings. The molecule has 1 heterocycles. The lowest BCUT2D eigenvalue weighted by atomic mass is 9.85. The van der Waals surface area contributed by atoms with Crippen molar-refractivity contribution in [2.75, 3.05) is 18.2 Å². The number of hydrazone groups is 1. The van der Waals surface area contributed by atoms with Gasteiger partial charge in [-0.2, -0.15) is 5.10 Å². The number of allylic oxidation sites excluding steroid dienone is 6. The minimum absolute atomic E-state index is 0.0296. The SMILES string of the molecule is C\C=C/C=C\C=C(/C)C1=NN(c2ccccc2)C(CC(C)C)C1C(=O)NCCCCCO. The number of anilines is 1. The molecule has 0 spiro atoms. The lowest BCUT2D eigenvalue weighted by Gasteiger charge is -2.29. The lowest BCUT2D eigenvalue weighted by Crippen LogP contribution is -2.44. The van der Waals surface area contributed by atoms with E-state index in [4.69, 9.17) is 10.2 Å². The first kappa shape index (κ1) is 25.6. The number of para-hydroxylation sites is 1. The van der Waals surface area contributed by atoms with Gasteiger partial charge < -0.3 is 10.4 Å².